The van der Waals surface area contributed by atoms with E-state index in [0.717, 1.165) is 11.3 Å². The number of rotatable bonds is 3. The monoisotopic (exact) mass is 247 g/mol. The minimum absolute atomic E-state index is 0.525. The van der Waals surface area contributed by atoms with Gasteiger partial charge in [-0.3, -0.25) is 4.98 Å². The summed E-state index contributed by atoms with van der Waals surface area (Å²) in [6.07, 6.45) is -0.0647. The van der Waals surface area contributed by atoms with Crippen LogP contribution in [0.1, 0.15) is 23.1 Å². The SMILES string of the molecule is Cc1cccc(C(O)Cc2cccc(Cl)c2)n1. The number of benzene rings is 1. The zero-order valence-corrected chi connectivity index (χ0v) is 10.4. The Morgan fingerprint density at radius 2 is 2.00 bits per heavy atom. The molecule has 0 radical (unpaired) electrons. The molecule has 1 aromatic carbocycles. The largest absolute Gasteiger partial charge is 0.386 e. The Labute approximate surface area is 106 Å². The smallest absolute Gasteiger partial charge is 0.1000 e. The molecule has 2 rings (SSSR count). The summed E-state index contributed by atoms with van der Waals surface area (Å²) in [5, 5.41) is 10.8. The highest BCUT2D eigenvalue weighted by Crippen LogP contribution is 2.19. The van der Waals surface area contributed by atoms with Gasteiger partial charge in [-0.25, -0.2) is 0 Å². The molecule has 0 spiro atoms. The van der Waals surface area contributed by atoms with Crippen LogP contribution in [-0.2, 0) is 6.42 Å². The average Bonchev–Trinajstić information content (AvgIpc) is 2.29. The molecule has 0 aliphatic heterocycles. The Bertz CT molecular complexity index is 513. The van der Waals surface area contributed by atoms with Crippen molar-refractivity contribution in [1.82, 2.24) is 4.98 Å². The van der Waals surface area contributed by atoms with Gasteiger partial charge in [0.2, 0.25) is 0 Å². The van der Waals surface area contributed by atoms with Gasteiger partial charge >= 0.3 is 0 Å². The Hall–Kier alpha value is -1.38. The van der Waals surface area contributed by atoms with Crippen molar-refractivity contribution in [3.8, 4) is 0 Å². The first-order valence-electron chi connectivity index (χ1n) is 5.51. The van der Waals surface area contributed by atoms with Gasteiger partial charge in [-0.05, 0) is 36.8 Å². The third-order valence-corrected chi connectivity index (χ3v) is 2.80. The predicted octanol–water partition coefficient (Wildman–Crippen LogP) is 3.32. The van der Waals surface area contributed by atoms with Crippen LogP contribution in [0, 0.1) is 6.92 Å². The van der Waals surface area contributed by atoms with Crippen molar-refractivity contribution in [1.29, 1.82) is 0 Å². The van der Waals surface area contributed by atoms with E-state index in [4.69, 9.17) is 11.6 Å². The van der Waals surface area contributed by atoms with Gasteiger partial charge in [0.05, 0.1) is 11.8 Å². The fraction of sp³-hybridized carbons (Fsp3) is 0.214. The average molecular weight is 248 g/mol. The van der Waals surface area contributed by atoms with Crippen LogP contribution in [0.5, 0.6) is 0 Å². The maximum Gasteiger partial charge on any atom is 0.1000 e. The van der Waals surface area contributed by atoms with Crippen LogP contribution >= 0.6 is 11.6 Å². The summed E-state index contributed by atoms with van der Waals surface area (Å²) < 4.78 is 0. The van der Waals surface area contributed by atoms with E-state index in [0.29, 0.717) is 17.1 Å². The Morgan fingerprint density at radius 1 is 1.24 bits per heavy atom. The Balaban J connectivity index is 2.14. The van der Waals surface area contributed by atoms with Gasteiger partial charge < -0.3 is 5.11 Å². The van der Waals surface area contributed by atoms with Crippen molar-refractivity contribution in [2.24, 2.45) is 0 Å². The number of aliphatic hydroxyl groups excluding tert-OH is 1. The van der Waals surface area contributed by atoms with Crippen LogP contribution < -0.4 is 0 Å². The molecule has 0 aliphatic rings. The van der Waals surface area contributed by atoms with Crippen molar-refractivity contribution < 1.29 is 5.11 Å². The zero-order valence-electron chi connectivity index (χ0n) is 9.60. The van der Waals surface area contributed by atoms with Crippen LogP contribution in [0.3, 0.4) is 0 Å². The maximum atomic E-state index is 10.1. The molecule has 3 heteroatoms. The van der Waals surface area contributed by atoms with E-state index in [1.165, 1.54) is 0 Å². The second kappa shape index (κ2) is 5.30. The van der Waals surface area contributed by atoms with Gasteiger partial charge in [0.25, 0.3) is 0 Å². The third kappa shape index (κ3) is 3.29. The molecule has 1 unspecified atom stereocenters. The van der Waals surface area contributed by atoms with Gasteiger partial charge in [0, 0.05) is 17.1 Å². The predicted molar refractivity (Wildman–Crippen MR) is 69.1 cm³/mol. The molecule has 17 heavy (non-hydrogen) atoms. The summed E-state index contributed by atoms with van der Waals surface area (Å²) in [5.41, 5.74) is 2.62. The zero-order chi connectivity index (χ0) is 12.3. The molecule has 1 N–H and O–H groups in total. The number of aliphatic hydroxyl groups is 1. The summed E-state index contributed by atoms with van der Waals surface area (Å²) in [7, 11) is 0. The molecule has 0 saturated heterocycles. The van der Waals surface area contributed by atoms with Gasteiger partial charge in [0.1, 0.15) is 0 Å². The van der Waals surface area contributed by atoms with Gasteiger partial charge in [-0.2, -0.15) is 0 Å². The minimum Gasteiger partial charge on any atom is -0.386 e. The van der Waals surface area contributed by atoms with E-state index in [-0.39, 0.29) is 0 Å². The first-order valence-corrected chi connectivity index (χ1v) is 5.89. The second-order valence-corrected chi connectivity index (χ2v) is 4.49. The van der Waals surface area contributed by atoms with Crippen molar-refractivity contribution in [3.05, 3.63) is 64.4 Å². The number of hydrogen-bond acceptors (Lipinski definition) is 2. The molecule has 2 nitrogen and oxygen atoms in total. The Morgan fingerprint density at radius 3 is 2.71 bits per heavy atom. The minimum atomic E-state index is -0.589. The van der Waals surface area contributed by atoms with E-state index in [1.807, 2.05) is 49.4 Å². The normalized spacial score (nSPS) is 12.4. The van der Waals surface area contributed by atoms with Gasteiger partial charge in [-0.15, -0.1) is 0 Å². The van der Waals surface area contributed by atoms with E-state index in [9.17, 15) is 5.11 Å². The van der Waals surface area contributed by atoms with E-state index >= 15 is 0 Å². The topological polar surface area (TPSA) is 33.1 Å². The first kappa shape index (κ1) is 12.1. The first-order chi connectivity index (χ1) is 8.15. The highest BCUT2D eigenvalue weighted by molar-refractivity contribution is 6.30. The molecule has 1 heterocycles. The molecular formula is C14H14ClNO. The summed E-state index contributed by atoms with van der Waals surface area (Å²) in [6.45, 7) is 1.91. The molecule has 0 aliphatic carbocycles. The van der Waals surface area contributed by atoms with Crippen molar-refractivity contribution in [2.45, 2.75) is 19.4 Å². The van der Waals surface area contributed by atoms with Crippen LogP contribution in [0.15, 0.2) is 42.5 Å². The maximum absolute atomic E-state index is 10.1. The van der Waals surface area contributed by atoms with Crippen LogP contribution in [-0.4, -0.2) is 10.1 Å². The van der Waals surface area contributed by atoms with E-state index in [2.05, 4.69) is 4.98 Å². The lowest BCUT2D eigenvalue weighted by atomic mass is 10.1. The van der Waals surface area contributed by atoms with Crippen molar-refractivity contribution in [2.75, 3.05) is 0 Å². The summed E-state index contributed by atoms with van der Waals surface area (Å²) in [6, 6.07) is 13.2. The van der Waals surface area contributed by atoms with Gasteiger partial charge in [-0.1, -0.05) is 29.8 Å². The summed E-state index contributed by atoms with van der Waals surface area (Å²) in [4.78, 5) is 4.31. The summed E-state index contributed by atoms with van der Waals surface area (Å²) >= 11 is 5.90. The number of aromatic nitrogens is 1. The molecule has 0 fully saturated rings. The Kier molecular flexibility index (Phi) is 3.77. The standard InChI is InChI=1S/C14H14ClNO/c1-10-4-2-7-13(16-10)14(17)9-11-5-3-6-12(15)8-11/h2-8,14,17H,9H2,1H3. The quantitative estimate of drug-likeness (QED) is 0.903. The van der Waals surface area contributed by atoms with Gasteiger partial charge in [0.15, 0.2) is 0 Å². The van der Waals surface area contributed by atoms with Crippen molar-refractivity contribution >= 4 is 11.6 Å². The lowest BCUT2D eigenvalue weighted by Crippen LogP contribution is -2.04. The number of aryl methyl sites for hydroxylation is 1. The van der Waals surface area contributed by atoms with Crippen LogP contribution in [0.2, 0.25) is 5.02 Å². The van der Waals surface area contributed by atoms with Crippen LogP contribution in [0.25, 0.3) is 0 Å². The molecule has 0 saturated carbocycles. The second-order valence-electron chi connectivity index (χ2n) is 4.05. The molecule has 1 atom stereocenters. The molecule has 0 bridgehead atoms. The molecule has 2 aromatic rings. The number of halogens is 1. The third-order valence-electron chi connectivity index (χ3n) is 2.57. The lowest BCUT2D eigenvalue weighted by molar-refractivity contribution is 0.173. The van der Waals surface area contributed by atoms with E-state index in [1.54, 1.807) is 0 Å². The number of nitrogens with zero attached hydrogens (tertiary/aromatic N) is 1. The fourth-order valence-corrected chi connectivity index (χ4v) is 1.95. The number of pyridine rings is 1. The molecule has 1 aromatic heterocycles. The number of hydrogen-bond donors (Lipinski definition) is 1. The summed E-state index contributed by atoms with van der Waals surface area (Å²) in [5.74, 6) is 0. The van der Waals surface area contributed by atoms with Crippen molar-refractivity contribution in [3.63, 3.8) is 0 Å². The van der Waals surface area contributed by atoms with Crippen LogP contribution in [0.4, 0.5) is 0 Å². The highest BCUT2D eigenvalue weighted by Gasteiger charge is 2.10. The molecule has 0 amide bonds. The molecular weight excluding hydrogens is 234 g/mol. The molecule has 88 valence electrons. The lowest BCUT2D eigenvalue weighted by Gasteiger charge is -2.10. The van der Waals surface area contributed by atoms with E-state index < -0.39 is 6.10 Å². The highest BCUT2D eigenvalue weighted by atomic mass is 35.5. The fourth-order valence-electron chi connectivity index (χ4n) is 1.74.